The maximum Gasteiger partial charge on any atom is 0.258 e. The van der Waals surface area contributed by atoms with E-state index in [9.17, 15) is 14.4 Å². The van der Waals surface area contributed by atoms with Crippen LogP contribution in [-0.4, -0.2) is 43.7 Å². The van der Waals surface area contributed by atoms with E-state index in [1.54, 1.807) is 41.2 Å². The van der Waals surface area contributed by atoms with Gasteiger partial charge in [0.05, 0.1) is 12.7 Å². The predicted molar refractivity (Wildman–Crippen MR) is 113 cm³/mol. The van der Waals surface area contributed by atoms with Gasteiger partial charge in [0.1, 0.15) is 11.8 Å². The van der Waals surface area contributed by atoms with Gasteiger partial charge in [0.2, 0.25) is 11.8 Å². The van der Waals surface area contributed by atoms with Gasteiger partial charge >= 0.3 is 0 Å². The Kier molecular flexibility index (Phi) is 4.81. The number of piperidine rings is 1. The summed E-state index contributed by atoms with van der Waals surface area (Å²) in [6, 6.07) is 11.9. The predicted octanol–water partition coefficient (Wildman–Crippen LogP) is 1.46. The van der Waals surface area contributed by atoms with Gasteiger partial charge in [-0.3, -0.25) is 19.7 Å². The summed E-state index contributed by atoms with van der Waals surface area (Å²) in [5.41, 5.74) is 8.67. The lowest BCUT2D eigenvalue weighted by Crippen LogP contribution is -2.52. The molecule has 10 nitrogen and oxygen atoms in total. The number of aromatic nitrogens is 3. The number of amides is 3. The quantitative estimate of drug-likeness (QED) is 0.461. The first-order valence-corrected chi connectivity index (χ1v) is 10.2. The third kappa shape index (κ3) is 3.78. The Morgan fingerprint density at radius 1 is 1.12 bits per heavy atom. The van der Waals surface area contributed by atoms with Gasteiger partial charge in [0.25, 0.3) is 11.8 Å². The molecule has 1 aromatic heterocycles. The zero-order valence-corrected chi connectivity index (χ0v) is 17.0. The fourth-order valence-corrected chi connectivity index (χ4v) is 3.97. The minimum Gasteiger partial charge on any atom is -0.436 e. The van der Waals surface area contributed by atoms with Crippen LogP contribution in [0.1, 0.15) is 34.3 Å². The number of anilines is 1. The highest BCUT2D eigenvalue weighted by molar-refractivity contribution is 6.05. The molecule has 0 spiro atoms. The van der Waals surface area contributed by atoms with Crippen LogP contribution in [0.2, 0.25) is 0 Å². The molecule has 3 N–H and O–H groups in total. The molecule has 10 heteroatoms. The number of fused-ring (bicyclic) bond motifs is 1. The van der Waals surface area contributed by atoms with Crippen molar-refractivity contribution in [2.45, 2.75) is 32.0 Å². The topological polar surface area (TPSA) is 132 Å². The Bertz CT molecular complexity index is 1220. The molecule has 3 amide bonds. The number of nitrogen functional groups attached to an aromatic ring is 1. The zero-order chi connectivity index (χ0) is 22.2. The number of hydrogen-bond acceptors (Lipinski definition) is 7. The van der Waals surface area contributed by atoms with Crippen molar-refractivity contribution in [1.29, 1.82) is 0 Å². The molecule has 1 unspecified atom stereocenters. The third-order valence-corrected chi connectivity index (χ3v) is 5.55. The lowest BCUT2D eigenvalue weighted by molar-refractivity contribution is -0.136. The molecule has 2 aromatic carbocycles. The van der Waals surface area contributed by atoms with Crippen molar-refractivity contribution in [3.05, 3.63) is 65.4 Å². The molecular formula is C22H20N6O4. The van der Waals surface area contributed by atoms with E-state index in [0.29, 0.717) is 42.4 Å². The van der Waals surface area contributed by atoms with Crippen molar-refractivity contribution < 1.29 is 19.1 Å². The first kappa shape index (κ1) is 19.7. The summed E-state index contributed by atoms with van der Waals surface area (Å²) >= 11 is 0. The summed E-state index contributed by atoms with van der Waals surface area (Å²) in [4.78, 5) is 37.9. The number of nitrogens with zero attached hydrogens (tertiary/aromatic N) is 4. The second-order valence-corrected chi connectivity index (χ2v) is 7.82. The second kappa shape index (κ2) is 7.80. The molecule has 1 atom stereocenters. The number of hydrogen-bond donors (Lipinski definition) is 2. The molecule has 3 aromatic rings. The van der Waals surface area contributed by atoms with E-state index in [-0.39, 0.29) is 18.2 Å². The van der Waals surface area contributed by atoms with Crippen LogP contribution in [-0.2, 0) is 22.7 Å². The highest BCUT2D eigenvalue weighted by Gasteiger charge is 2.39. The van der Waals surface area contributed by atoms with Crippen LogP contribution in [0.15, 0.2) is 48.7 Å². The molecule has 2 aliphatic rings. The summed E-state index contributed by atoms with van der Waals surface area (Å²) in [5, 5.41) is 10.4. The van der Waals surface area contributed by atoms with Crippen LogP contribution in [0.25, 0.3) is 0 Å². The van der Waals surface area contributed by atoms with Crippen molar-refractivity contribution in [3.8, 4) is 11.6 Å². The van der Waals surface area contributed by atoms with E-state index in [2.05, 4.69) is 15.6 Å². The fraction of sp³-hybridized carbons (Fsp3) is 0.227. The summed E-state index contributed by atoms with van der Waals surface area (Å²) in [6.07, 6.45) is 2.26. The lowest BCUT2D eigenvalue weighted by Gasteiger charge is -2.29. The van der Waals surface area contributed by atoms with Crippen molar-refractivity contribution in [1.82, 2.24) is 25.2 Å². The number of imide groups is 1. The average molecular weight is 432 g/mol. The molecule has 3 heterocycles. The molecule has 32 heavy (non-hydrogen) atoms. The summed E-state index contributed by atoms with van der Waals surface area (Å²) < 4.78 is 7.32. The molecule has 1 saturated heterocycles. The number of nitrogens with one attached hydrogen (secondary N) is 1. The molecule has 0 radical (unpaired) electrons. The highest BCUT2D eigenvalue weighted by Crippen LogP contribution is 2.28. The van der Waals surface area contributed by atoms with Crippen LogP contribution in [0.4, 0.5) is 5.69 Å². The van der Waals surface area contributed by atoms with E-state index in [1.165, 1.54) is 4.90 Å². The van der Waals surface area contributed by atoms with Crippen LogP contribution < -0.4 is 15.8 Å². The van der Waals surface area contributed by atoms with Gasteiger partial charge in [-0.25, -0.2) is 4.68 Å². The first-order valence-electron chi connectivity index (χ1n) is 10.2. The van der Waals surface area contributed by atoms with Gasteiger partial charge in [-0.05, 0) is 47.9 Å². The summed E-state index contributed by atoms with van der Waals surface area (Å²) in [7, 11) is 0. The summed E-state index contributed by atoms with van der Waals surface area (Å²) in [6.45, 7) is 0.773. The molecule has 5 rings (SSSR count). The minimum atomic E-state index is -0.626. The van der Waals surface area contributed by atoms with Crippen molar-refractivity contribution in [3.63, 3.8) is 0 Å². The summed E-state index contributed by atoms with van der Waals surface area (Å²) in [5.74, 6) is 0.0520. The van der Waals surface area contributed by atoms with E-state index in [4.69, 9.17) is 10.5 Å². The maximum atomic E-state index is 12.8. The lowest BCUT2D eigenvalue weighted by atomic mass is 10.0. The largest absolute Gasteiger partial charge is 0.436 e. The average Bonchev–Trinajstić information content (AvgIpc) is 3.33. The molecular weight excluding hydrogens is 412 g/mol. The van der Waals surface area contributed by atoms with Gasteiger partial charge in [-0.15, -0.1) is 0 Å². The van der Waals surface area contributed by atoms with E-state index in [1.807, 2.05) is 12.1 Å². The maximum absolute atomic E-state index is 12.8. The Labute approximate surface area is 182 Å². The standard InChI is InChI=1S/C22H20N6O4/c23-15-2-4-16(5-3-15)32-20-12-27(26-25-20)10-13-1-6-17-14(9-13)11-28(22(17)31)18-7-8-19(29)24-21(18)30/h1-6,9,12,18H,7-8,10-11,23H2,(H,24,29,30). The molecule has 2 aliphatic heterocycles. The van der Waals surface area contributed by atoms with E-state index >= 15 is 0 Å². The Morgan fingerprint density at radius 3 is 2.72 bits per heavy atom. The number of ether oxygens (including phenoxy) is 1. The van der Waals surface area contributed by atoms with E-state index < -0.39 is 11.9 Å². The molecule has 0 saturated carbocycles. The van der Waals surface area contributed by atoms with Crippen LogP contribution in [0.5, 0.6) is 11.6 Å². The van der Waals surface area contributed by atoms with Crippen LogP contribution in [0.3, 0.4) is 0 Å². The van der Waals surface area contributed by atoms with Gasteiger partial charge in [-0.1, -0.05) is 22.4 Å². The van der Waals surface area contributed by atoms with Gasteiger partial charge in [0.15, 0.2) is 0 Å². The van der Waals surface area contributed by atoms with Crippen molar-refractivity contribution >= 4 is 23.4 Å². The third-order valence-electron chi connectivity index (χ3n) is 5.55. The number of carbonyl (C=O) groups is 3. The smallest absolute Gasteiger partial charge is 0.258 e. The fourth-order valence-electron chi connectivity index (χ4n) is 3.97. The van der Waals surface area contributed by atoms with Crippen molar-refractivity contribution in [2.24, 2.45) is 0 Å². The van der Waals surface area contributed by atoms with Crippen LogP contribution in [0, 0.1) is 0 Å². The Balaban J connectivity index is 1.27. The number of rotatable bonds is 5. The van der Waals surface area contributed by atoms with Crippen molar-refractivity contribution in [2.75, 3.05) is 5.73 Å². The van der Waals surface area contributed by atoms with Gasteiger partial charge in [0, 0.05) is 24.2 Å². The number of benzene rings is 2. The zero-order valence-electron chi connectivity index (χ0n) is 17.0. The van der Waals surface area contributed by atoms with Crippen LogP contribution >= 0.6 is 0 Å². The molecule has 0 bridgehead atoms. The monoisotopic (exact) mass is 432 g/mol. The highest BCUT2D eigenvalue weighted by atomic mass is 16.5. The Morgan fingerprint density at radius 2 is 1.94 bits per heavy atom. The Hall–Kier alpha value is -4.21. The SMILES string of the molecule is Nc1ccc(Oc2cn(Cc3ccc4c(c3)CN(C3CCC(=O)NC3=O)C4=O)nn2)cc1. The molecule has 1 fully saturated rings. The molecule has 0 aliphatic carbocycles. The normalized spacial score (nSPS) is 17.9. The van der Waals surface area contributed by atoms with Gasteiger partial charge in [-0.2, -0.15) is 0 Å². The minimum absolute atomic E-state index is 0.194. The van der Waals surface area contributed by atoms with Gasteiger partial charge < -0.3 is 15.4 Å². The molecule has 162 valence electrons. The second-order valence-electron chi connectivity index (χ2n) is 7.82. The first-order chi connectivity index (χ1) is 15.5. The number of nitrogens with two attached hydrogens (primary N) is 1. The van der Waals surface area contributed by atoms with E-state index in [0.717, 1.165) is 11.1 Å². The number of carbonyl (C=O) groups excluding carboxylic acids is 3.